The van der Waals surface area contributed by atoms with Crippen molar-refractivity contribution < 1.29 is 9.53 Å². The summed E-state index contributed by atoms with van der Waals surface area (Å²) < 4.78 is 5.29. The molecule has 0 aromatic carbocycles. The summed E-state index contributed by atoms with van der Waals surface area (Å²) in [5, 5.41) is 2.80. The topological polar surface area (TPSA) is 64.3 Å². The van der Waals surface area contributed by atoms with Crippen molar-refractivity contribution in [3.8, 4) is 0 Å². The summed E-state index contributed by atoms with van der Waals surface area (Å²) in [4.78, 5) is 11.4. The molecule has 1 atom stereocenters. The predicted molar refractivity (Wildman–Crippen MR) is 61.6 cm³/mol. The first kappa shape index (κ1) is 14.4. The minimum atomic E-state index is -0.401. The Morgan fingerprint density at radius 3 is 2.60 bits per heavy atom. The average Bonchev–Trinajstić information content (AvgIpc) is 2.21. The van der Waals surface area contributed by atoms with E-state index in [2.05, 4.69) is 12.2 Å². The van der Waals surface area contributed by atoms with Gasteiger partial charge in [-0.3, -0.25) is 4.79 Å². The lowest BCUT2D eigenvalue weighted by Gasteiger charge is -2.15. The van der Waals surface area contributed by atoms with Crippen LogP contribution in [-0.4, -0.2) is 31.7 Å². The monoisotopic (exact) mass is 216 g/mol. The molecule has 90 valence electrons. The van der Waals surface area contributed by atoms with Crippen molar-refractivity contribution >= 4 is 5.91 Å². The van der Waals surface area contributed by atoms with Gasteiger partial charge in [-0.05, 0) is 18.8 Å². The summed E-state index contributed by atoms with van der Waals surface area (Å²) in [5.74, 6) is 0.113. The molecule has 0 aliphatic heterocycles. The van der Waals surface area contributed by atoms with Crippen LogP contribution in [0.2, 0.25) is 0 Å². The van der Waals surface area contributed by atoms with Crippen LogP contribution < -0.4 is 11.1 Å². The van der Waals surface area contributed by atoms with E-state index in [0.29, 0.717) is 13.2 Å². The Balaban J connectivity index is 3.39. The molecule has 0 unspecified atom stereocenters. The number of rotatable bonds is 8. The van der Waals surface area contributed by atoms with E-state index < -0.39 is 6.04 Å². The lowest BCUT2D eigenvalue weighted by Crippen LogP contribution is -2.44. The zero-order chi connectivity index (χ0) is 11.7. The Hall–Kier alpha value is -0.610. The number of nitrogens with one attached hydrogen (secondary N) is 1. The fourth-order valence-electron chi connectivity index (χ4n) is 1.05. The van der Waals surface area contributed by atoms with Gasteiger partial charge in [0.1, 0.15) is 0 Å². The van der Waals surface area contributed by atoms with E-state index in [1.54, 1.807) is 0 Å². The van der Waals surface area contributed by atoms with Crippen LogP contribution in [0, 0.1) is 5.92 Å². The third-order valence-electron chi connectivity index (χ3n) is 2.13. The van der Waals surface area contributed by atoms with Gasteiger partial charge in [0.15, 0.2) is 0 Å². The van der Waals surface area contributed by atoms with Gasteiger partial charge >= 0.3 is 0 Å². The number of ether oxygens (including phenoxy) is 1. The second-order valence-electron chi connectivity index (χ2n) is 4.03. The highest BCUT2D eigenvalue weighted by Crippen LogP contribution is 1.97. The van der Waals surface area contributed by atoms with Crippen molar-refractivity contribution in [2.24, 2.45) is 11.7 Å². The SMILES string of the molecule is CCCOCCCNC(=O)[C@H](N)C(C)C. The molecule has 0 saturated heterocycles. The molecule has 0 radical (unpaired) electrons. The molecule has 0 aromatic heterocycles. The Kier molecular flexibility index (Phi) is 8.33. The summed E-state index contributed by atoms with van der Waals surface area (Å²) in [7, 11) is 0. The lowest BCUT2D eigenvalue weighted by atomic mass is 10.1. The van der Waals surface area contributed by atoms with Gasteiger partial charge in [0.05, 0.1) is 6.04 Å². The summed E-state index contributed by atoms with van der Waals surface area (Å²) in [6.07, 6.45) is 1.88. The molecule has 0 aliphatic carbocycles. The smallest absolute Gasteiger partial charge is 0.237 e. The molecule has 0 rings (SSSR count). The van der Waals surface area contributed by atoms with Gasteiger partial charge < -0.3 is 15.8 Å². The van der Waals surface area contributed by atoms with Gasteiger partial charge in [-0.15, -0.1) is 0 Å². The molecule has 0 aromatic rings. The van der Waals surface area contributed by atoms with Crippen LogP contribution in [0.4, 0.5) is 0 Å². The molecular weight excluding hydrogens is 192 g/mol. The fraction of sp³-hybridized carbons (Fsp3) is 0.909. The average molecular weight is 216 g/mol. The maximum absolute atomic E-state index is 11.4. The van der Waals surface area contributed by atoms with Crippen LogP contribution in [-0.2, 0) is 9.53 Å². The Bertz CT molecular complexity index is 172. The minimum Gasteiger partial charge on any atom is -0.381 e. The minimum absolute atomic E-state index is 0.0690. The van der Waals surface area contributed by atoms with E-state index in [0.717, 1.165) is 19.4 Å². The molecule has 0 heterocycles. The van der Waals surface area contributed by atoms with E-state index in [9.17, 15) is 4.79 Å². The first-order valence-electron chi connectivity index (χ1n) is 5.70. The highest BCUT2D eigenvalue weighted by molar-refractivity contribution is 5.81. The van der Waals surface area contributed by atoms with Crippen LogP contribution in [0.5, 0.6) is 0 Å². The van der Waals surface area contributed by atoms with Gasteiger partial charge in [-0.1, -0.05) is 20.8 Å². The van der Waals surface area contributed by atoms with Crippen molar-refractivity contribution in [3.05, 3.63) is 0 Å². The molecule has 0 bridgehead atoms. The third-order valence-corrected chi connectivity index (χ3v) is 2.13. The molecule has 3 N–H and O–H groups in total. The standard InChI is InChI=1S/C11H24N2O2/c1-4-7-15-8-5-6-13-11(14)10(12)9(2)3/h9-10H,4-8,12H2,1-3H3,(H,13,14)/t10-/m1/s1. The van der Waals surface area contributed by atoms with Gasteiger partial charge in [-0.25, -0.2) is 0 Å². The number of amides is 1. The van der Waals surface area contributed by atoms with Gasteiger partial charge in [0, 0.05) is 19.8 Å². The molecule has 0 aliphatic rings. The quantitative estimate of drug-likeness (QED) is 0.593. The fourth-order valence-corrected chi connectivity index (χ4v) is 1.05. The van der Waals surface area contributed by atoms with Crippen LogP contribution in [0.15, 0.2) is 0 Å². The summed E-state index contributed by atoms with van der Waals surface area (Å²) in [5.41, 5.74) is 5.68. The predicted octanol–water partition coefficient (Wildman–Crippen LogP) is 0.903. The maximum atomic E-state index is 11.4. The number of carbonyl (C=O) groups excluding carboxylic acids is 1. The van der Waals surface area contributed by atoms with Gasteiger partial charge in [0.2, 0.25) is 5.91 Å². The van der Waals surface area contributed by atoms with Crippen molar-refractivity contribution in [1.29, 1.82) is 0 Å². The Morgan fingerprint density at radius 1 is 1.40 bits per heavy atom. The Morgan fingerprint density at radius 2 is 2.07 bits per heavy atom. The summed E-state index contributed by atoms with van der Waals surface area (Å²) in [6.45, 7) is 8.08. The van der Waals surface area contributed by atoms with Crippen molar-refractivity contribution in [3.63, 3.8) is 0 Å². The number of carbonyl (C=O) groups is 1. The first-order valence-corrected chi connectivity index (χ1v) is 5.70. The van der Waals surface area contributed by atoms with Crippen LogP contribution >= 0.6 is 0 Å². The van der Waals surface area contributed by atoms with E-state index in [4.69, 9.17) is 10.5 Å². The Labute approximate surface area is 92.6 Å². The van der Waals surface area contributed by atoms with Crippen LogP contribution in [0.1, 0.15) is 33.6 Å². The zero-order valence-corrected chi connectivity index (χ0v) is 10.1. The first-order chi connectivity index (χ1) is 7.09. The molecule has 0 fully saturated rings. The molecular formula is C11H24N2O2. The van der Waals surface area contributed by atoms with Crippen molar-refractivity contribution in [2.45, 2.75) is 39.7 Å². The van der Waals surface area contributed by atoms with Gasteiger partial charge in [0.25, 0.3) is 0 Å². The number of hydrogen-bond acceptors (Lipinski definition) is 3. The number of nitrogens with two attached hydrogens (primary N) is 1. The second kappa shape index (κ2) is 8.68. The zero-order valence-electron chi connectivity index (χ0n) is 10.1. The summed E-state index contributed by atoms with van der Waals surface area (Å²) >= 11 is 0. The van der Waals surface area contributed by atoms with Gasteiger partial charge in [-0.2, -0.15) is 0 Å². The second-order valence-corrected chi connectivity index (χ2v) is 4.03. The molecule has 1 amide bonds. The van der Waals surface area contributed by atoms with Crippen molar-refractivity contribution in [2.75, 3.05) is 19.8 Å². The van der Waals surface area contributed by atoms with Crippen LogP contribution in [0.3, 0.4) is 0 Å². The van der Waals surface area contributed by atoms with E-state index in [1.807, 2.05) is 13.8 Å². The van der Waals surface area contributed by atoms with E-state index >= 15 is 0 Å². The number of hydrogen-bond donors (Lipinski definition) is 2. The molecule has 4 nitrogen and oxygen atoms in total. The normalized spacial score (nSPS) is 12.9. The van der Waals surface area contributed by atoms with Crippen molar-refractivity contribution in [1.82, 2.24) is 5.32 Å². The highest BCUT2D eigenvalue weighted by atomic mass is 16.5. The molecule has 0 saturated carbocycles. The maximum Gasteiger partial charge on any atom is 0.237 e. The molecule has 4 heteroatoms. The highest BCUT2D eigenvalue weighted by Gasteiger charge is 2.15. The van der Waals surface area contributed by atoms with E-state index in [-0.39, 0.29) is 11.8 Å². The van der Waals surface area contributed by atoms with Crippen LogP contribution in [0.25, 0.3) is 0 Å². The largest absolute Gasteiger partial charge is 0.381 e. The third kappa shape index (κ3) is 7.33. The van der Waals surface area contributed by atoms with E-state index in [1.165, 1.54) is 0 Å². The molecule has 15 heavy (non-hydrogen) atoms. The summed E-state index contributed by atoms with van der Waals surface area (Å²) in [6, 6.07) is -0.401. The molecule has 0 spiro atoms. The lowest BCUT2D eigenvalue weighted by molar-refractivity contribution is -0.123.